The number of hydrogen-bond donors (Lipinski definition) is 1. The number of nitrogens with two attached hydrogens (primary N) is 1. The van der Waals surface area contributed by atoms with Crippen LogP contribution in [0.4, 0.5) is 5.82 Å². The van der Waals surface area contributed by atoms with E-state index in [2.05, 4.69) is 25.3 Å². The number of carbonyl (C=O) groups is 1. The molecule has 0 saturated heterocycles. The first kappa shape index (κ1) is 17.2. The molecule has 2 aromatic heterocycles. The number of carbonyl (C=O) groups excluding carboxylic acids is 1. The first-order valence-corrected chi connectivity index (χ1v) is 8.16. The number of hydrogen-bond acceptors (Lipinski definition) is 8. The van der Waals surface area contributed by atoms with E-state index in [-0.39, 0.29) is 22.9 Å². The van der Waals surface area contributed by atoms with Crippen LogP contribution in [0.15, 0.2) is 70.5 Å². The standard InChI is InChI=1S/C19H12N6O3/c20-16-15(17-23-19(28-25-17)13-4-2-1-3-5-13)22-14(10-21-16)11-6-8-12(9-7-11)18(26)24-27/h1-10H,(H2,20,21). The quantitative estimate of drug-likeness (QED) is 0.538. The lowest BCUT2D eigenvalue weighted by Crippen LogP contribution is -2.00. The largest absolute Gasteiger partial charge is 0.382 e. The molecule has 2 aromatic carbocycles. The van der Waals surface area contributed by atoms with Crippen molar-refractivity contribution in [2.24, 2.45) is 5.18 Å². The van der Waals surface area contributed by atoms with Gasteiger partial charge in [-0.3, -0.25) is 4.79 Å². The summed E-state index contributed by atoms with van der Waals surface area (Å²) in [6.07, 6.45) is 1.49. The van der Waals surface area contributed by atoms with Crippen molar-refractivity contribution in [2.75, 3.05) is 5.73 Å². The van der Waals surface area contributed by atoms with Gasteiger partial charge in [0.2, 0.25) is 5.82 Å². The van der Waals surface area contributed by atoms with Crippen LogP contribution in [-0.4, -0.2) is 26.0 Å². The maximum Gasteiger partial charge on any atom is 0.316 e. The molecule has 4 aromatic rings. The molecule has 2 N–H and O–H groups in total. The van der Waals surface area contributed by atoms with Gasteiger partial charge in [-0.1, -0.05) is 35.5 Å². The van der Waals surface area contributed by atoms with Gasteiger partial charge in [0.25, 0.3) is 5.89 Å². The molecular weight excluding hydrogens is 360 g/mol. The Kier molecular flexibility index (Phi) is 4.38. The molecule has 0 atom stereocenters. The van der Waals surface area contributed by atoms with Crippen molar-refractivity contribution in [3.05, 3.63) is 71.3 Å². The van der Waals surface area contributed by atoms with Gasteiger partial charge in [-0.15, -0.1) is 4.91 Å². The van der Waals surface area contributed by atoms with E-state index in [0.29, 0.717) is 17.1 Å². The third kappa shape index (κ3) is 3.23. The van der Waals surface area contributed by atoms with Gasteiger partial charge in [0, 0.05) is 21.9 Å². The molecule has 9 nitrogen and oxygen atoms in total. The lowest BCUT2D eigenvalue weighted by Gasteiger charge is -2.04. The molecule has 28 heavy (non-hydrogen) atoms. The zero-order valence-corrected chi connectivity index (χ0v) is 14.3. The minimum Gasteiger partial charge on any atom is -0.382 e. The first-order valence-electron chi connectivity index (χ1n) is 8.16. The van der Waals surface area contributed by atoms with E-state index in [4.69, 9.17) is 10.3 Å². The number of rotatable bonds is 4. The van der Waals surface area contributed by atoms with E-state index in [1.807, 2.05) is 30.3 Å². The number of amides is 1. The highest BCUT2D eigenvalue weighted by atomic mass is 16.5. The van der Waals surface area contributed by atoms with Gasteiger partial charge in [0.05, 0.1) is 11.9 Å². The number of aromatic nitrogens is 4. The van der Waals surface area contributed by atoms with Crippen molar-refractivity contribution in [3.8, 4) is 34.2 Å². The van der Waals surface area contributed by atoms with E-state index in [1.54, 1.807) is 12.1 Å². The van der Waals surface area contributed by atoms with Gasteiger partial charge in [-0.05, 0) is 24.3 Å². The van der Waals surface area contributed by atoms with Crippen LogP contribution in [0.2, 0.25) is 0 Å². The lowest BCUT2D eigenvalue weighted by molar-refractivity contribution is 0.100. The van der Waals surface area contributed by atoms with Crippen LogP contribution in [-0.2, 0) is 0 Å². The molecule has 0 spiro atoms. The van der Waals surface area contributed by atoms with Gasteiger partial charge >= 0.3 is 5.91 Å². The summed E-state index contributed by atoms with van der Waals surface area (Å²) < 4.78 is 5.30. The number of anilines is 1. The topological polar surface area (TPSA) is 137 Å². The molecule has 0 aliphatic heterocycles. The third-order valence-corrected chi connectivity index (χ3v) is 3.97. The predicted octanol–water partition coefficient (Wildman–Crippen LogP) is 3.35. The molecule has 0 saturated carbocycles. The van der Waals surface area contributed by atoms with Crippen molar-refractivity contribution in [2.45, 2.75) is 0 Å². The van der Waals surface area contributed by atoms with Crippen molar-refractivity contribution < 1.29 is 9.32 Å². The summed E-state index contributed by atoms with van der Waals surface area (Å²) in [6.45, 7) is 0. The van der Waals surface area contributed by atoms with Crippen LogP contribution >= 0.6 is 0 Å². The zero-order valence-electron chi connectivity index (χ0n) is 14.3. The molecule has 136 valence electrons. The second-order valence-electron chi connectivity index (χ2n) is 5.75. The fourth-order valence-electron chi connectivity index (χ4n) is 2.56. The Labute approximate surface area is 158 Å². The van der Waals surface area contributed by atoms with Crippen molar-refractivity contribution >= 4 is 11.7 Å². The van der Waals surface area contributed by atoms with Gasteiger partial charge in [0.15, 0.2) is 11.5 Å². The third-order valence-electron chi connectivity index (χ3n) is 3.97. The minimum atomic E-state index is -0.837. The molecule has 2 heterocycles. The fraction of sp³-hybridized carbons (Fsp3) is 0. The molecule has 0 bridgehead atoms. The molecule has 1 amide bonds. The normalized spacial score (nSPS) is 10.6. The van der Waals surface area contributed by atoms with Crippen LogP contribution in [0.5, 0.6) is 0 Å². The molecule has 4 rings (SSSR count). The summed E-state index contributed by atoms with van der Waals surface area (Å²) in [5.74, 6) is -0.133. The van der Waals surface area contributed by atoms with Gasteiger partial charge < -0.3 is 10.3 Å². The van der Waals surface area contributed by atoms with Crippen LogP contribution in [0, 0.1) is 4.91 Å². The Morgan fingerprint density at radius 2 is 1.71 bits per heavy atom. The maximum absolute atomic E-state index is 11.3. The summed E-state index contributed by atoms with van der Waals surface area (Å²) >= 11 is 0. The number of benzene rings is 2. The van der Waals surface area contributed by atoms with E-state index in [1.165, 1.54) is 18.3 Å². The molecule has 0 radical (unpaired) electrons. The van der Waals surface area contributed by atoms with Gasteiger partial charge in [0.1, 0.15) is 0 Å². The van der Waals surface area contributed by atoms with Crippen molar-refractivity contribution in [1.82, 2.24) is 20.1 Å². The van der Waals surface area contributed by atoms with E-state index >= 15 is 0 Å². The highest BCUT2D eigenvalue weighted by molar-refractivity contribution is 5.95. The second-order valence-corrected chi connectivity index (χ2v) is 5.75. The number of nitrogens with zero attached hydrogens (tertiary/aromatic N) is 5. The van der Waals surface area contributed by atoms with E-state index in [0.717, 1.165) is 5.56 Å². The molecule has 9 heteroatoms. The smallest absolute Gasteiger partial charge is 0.316 e. The van der Waals surface area contributed by atoms with E-state index < -0.39 is 5.91 Å². The minimum absolute atomic E-state index is 0.154. The average Bonchev–Trinajstić information content (AvgIpc) is 3.24. The van der Waals surface area contributed by atoms with Crippen LogP contribution in [0.25, 0.3) is 34.2 Å². The Morgan fingerprint density at radius 1 is 0.964 bits per heavy atom. The van der Waals surface area contributed by atoms with Crippen molar-refractivity contribution in [1.29, 1.82) is 0 Å². The number of nitrogen functional groups attached to an aromatic ring is 1. The van der Waals surface area contributed by atoms with Crippen LogP contribution < -0.4 is 5.73 Å². The van der Waals surface area contributed by atoms with Crippen LogP contribution in [0.1, 0.15) is 10.4 Å². The molecular formula is C19H12N6O3. The Bertz CT molecular complexity index is 1160. The highest BCUT2D eigenvalue weighted by Gasteiger charge is 2.16. The SMILES string of the molecule is Nc1ncc(-c2ccc(C(=O)N=O)cc2)nc1-c1noc(-c2ccccc2)n1. The molecule has 0 fully saturated rings. The monoisotopic (exact) mass is 372 g/mol. The Balaban J connectivity index is 1.69. The first-order chi connectivity index (χ1) is 13.7. The summed E-state index contributed by atoms with van der Waals surface area (Å²) in [5, 5.41) is 6.34. The zero-order chi connectivity index (χ0) is 19.5. The van der Waals surface area contributed by atoms with Crippen LogP contribution in [0.3, 0.4) is 0 Å². The maximum atomic E-state index is 11.3. The molecule has 0 aliphatic carbocycles. The summed E-state index contributed by atoms with van der Waals surface area (Å²) in [4.78, 5) is 34.6. The summed E-state index contributed by atoms with van der Waals surface area (Å²) in [5.41, 5.74) is 8.34. The molecule has 0 unspecified atom stereocenters. The Hall–Kier alpha value is -4.27. The number of nitroso groups, excluding NO2 is 1. The molecule has 0 aliphatic rings. The van der Waals surface area contributed by atoms with Gasteiger partial charge in [-0.25, -0.2) is 9.97 Å². The fourth-order valence-corrected chi connectivity index (χ4v) is 2.56. The predicted molar refractivity (Wildman–Crippen MR) is 101 cm³/mol. The lowest BCUT2D eigenvalue weighted by atomic mass is 10.1. The Morgan fingerprint density at radius 3 is 2.43 bits per heavy atom. The van der Waals surface area contributed by atoms with E-state index in [9.17, 15) is 9.70 Å². The van der Waals surface area contributed by atoms with Crippen molar-refractivity contribution in [3.63, 3.8) is 0 Å². The second kappa shape index (κ2) is 7.16. The van der Waals surface area contributed by atoms with Gasteiger partial charge in [-0.2, -0.15) is 4.98 Å². The highest BCUT2D eigenvalue weighted by Crippen LogP contribution is 2.26. The summed E-state index contributed by atoms with van der Waals surface area (Å²) in [7, 11) is 0. The summed E-state index contributed by atoms with van der Waals surface area (Å²) in [6, 6.07) is 15.5. The average molecular weight is 372 g/mol.